The van der Waals surface area contributed by atoms with E-state index in [0.717, 1.165) is 22.3 Å². The maximum Gasteiger partial charge on any atom is 0.492 e. The Labute approximate surface area is 242 Å². The van der Waals surface area contributed by atoms with E-state index in [-0.39, 0.29) is 24.6 Å². The third-order valence-electron chi connectivity index (χ3n) is 7.91. The van der Waals surface area contributed by atoms with Gasteiger partial charge >= 0.3 is 19.2 Å². The zero-order valence-electron chi connectivity index (χ0n) is 22.9. The number of nitrogens with one attached hydrogen (secondary N) is 1. The van der Waals surface area contributed by atoms with E-state index in [9.17, 15) is 14.7 Å². The van der Waals surface area contributed by atoms with Crippen LogP contribution in [0.25, 0.3) is 17.2 Å². The number of halogens is 1. The number of carboxylic acids is 1. The number of carbonyl (C=O) groups excluding carboxylic acids is 1. The first-order valence-corrected chi connectivity index (χ1v) is 13.9. The predicted octanol–water partition coefficient (Wildman–Crippen LogP) is 6.70. The number of hydrogen-bond donors (Lipinski definition) is 2. The van der Waals surface area contributed by atoms with Crippen LogP contribution in [0, 0.1) is 0 Å². The van der Waals surface area contributed by atoms with Gasteiger partial charge in [-0.15, -0.1) is 0 Å². The molecule has 0 radical (unpaired) electrons. The molecule has 7 nitrogen and oxygen atoms in total. The van der Waals surface area contributed by atoms with Gasteiger partial charge in [0.2, 0.25) is 0 Å². The van der Waals surface area contributed by atoms with Gasteiger partial charge in [-0.3, -0.25) is 0 Å². The first-order chi connectivity index (χ1) is 19.0. The van der Waals surface area contributed by atoms with Gasteiger partial charge in [0.1, 0.15) is 6.61 Å². The number of hydrogen-bond acceptors (Lipinski definition) is 5. The van der Waals surface area contributed by atoms with Crippen LogP contribution < -0.4 is 5.32 Å². The molecule has 0 saturated carbocycles. The number of fused-ring (bicyclic) bond motifs is 3. The summed E-state index contributed by atoms with van der Waals surface area (Å²) in [5, 5.41) is 12.4. The molecule has 5 rings (SSSR count). The number of amides is 1. The summed E-state index contributed by atoms with van der Waals surface area (Å²) >= 11 is 3.28. The van der Waals surface area contributed by atoms with Crippen molar-refractivity contribution >= 4 is 41.2 Å². The number of aromatic carboxylic acids is 1. The molecule has 1 saturated heterocycles. The lowest BCUT2D eigenvalue weighted by molar-refractivity contribution is 0.00578. The van der Waals surface area contributed by atoms with Gasteiger partial charge in [0.15, 0.2) is 0 Å². The molecule has 0 aromatic heterocycles. The van der Waals surface area contributed by atoms with Gasteiger partial charge in [-0.25, -0.2) is 9.59 Å². The molecule has 40 heavy (non-hydrogen) atoms. The summed E-state index contributed by atoms with van der Waals surface area (Å²) in [6.07, 6.45) is 1.22. The zero-order valence-corrected chi connectivity index (χ0v) is 24.4. The Morgan fingerprint density at radius 2 is 1.55 bits per heavy atom. The number of ether oxygens (including phenoxy) is 1. The summed E-state index contributed by atoms with van der Waals surface area (Å²) in [6, 6.07) is 21.4. The monoisotopic (exact) mass is 603 g/mol. The first kappa shape index (κ1) is 28.1. The molecule has 0 atom stereocenters. The van der Waals surface area contributed by atoms with Gasteiger partial charge in [0.05, 0.1) is 16.8 Å². The summed E-state index contributed by atoms with van der Waals surface area (Å²) < 4.78 is 18.7. The standard InChI is InChI=1S/C31H31BBrNO6/c1-30(2)31(3,4)40-32(39-30)20(15-19-13-14-27(33)25(16-19)28(35)36)17-34-29(37)38-18-26-23-11-7-5-9-21(23)22-10-6-8-12-24(22)26/h5-16,26H,17-18H2,1-4H3,(H,34,37)(H,35,36). The smallest absolute Gasteiger partial charge is 0.478 e. The van der Waals surface area contributed by atoms with Crippen LogP contribution >= 0.6 is 15.9 Å². The van der Waals surface area contributed by atoms with Gasteiger partial charge in [0, 0.05) is 16.9 Å². The van der Waals surface area contributed by atoms with E-state index < -0.39 is 30.4 Å². The summed E-state index contributed by atoms with van der Waals surface area (Å²) in [5.41, 5.74) is 4.81. The van der Waals surface area contributed by atoms with Gasteiger partial charge in [-0.05, 0) is 89.0 Å². The second-order valence-corrected chi connectivity index (χ2v) is 11.9. The van der Waals surface area contributed by atoms with Crippen LogP contribution in [0.15, 0.2) is 76.7 Å². The van der Waals surface area contributed by atoms with Crippen molar-refractivity contribution in [3.05, 3.63) is 98.9 Å². The number of benzene rings is 3. The average Bonchev–Trinajstić information content (AvgIpc) is 3.35. The number of alkyl carbamates (subject to hydrolysis) is 1. The molecule has 206 valence electrons. The highest BCUT2D eigenvalue weighted by molar-refractivity contribution is 9.10. The van der Waals surface area contributed by atoms with Crippen LogP contribution in [0.3, 0.4) is 0 Å². The lowest BCUT2D eigenvalue weighted by Crippen LogP contribution is -2.41. The summed E-state index contributed by atoms with van der Waals surface area (Å²) in [4.78, 5) is 24.6. The quantitative estimate of drug-likeness (QED) is 0.292. The van der Waals surface area contributed by atoms with E-state index >= 15 is 0 Å². The van der Waals surface area contributed by atoms with Crippen molar-refractivity contribution in [2.24, 2.45) is 0 Å². The Bertz CT molecular complexity index is 1440. The Kier molecular flexibility index (Phi) is 7.65. The minimum Gasteiger partial charge on any atom is -0.478 e. The summed E-state index contributed by atoms with van der Waals surface area (Å²) in [6.45, 7) is 8.09. The van der Waals surface area contributed by atoms with Crippen molar-refractivity contribution in [2.45, 2.75) is 44.8 Å². The molecule has 1 amide bonds. The van der Waals surface area contributed by atoms with Gasteiger partial charge < -0.3 is 24.5 Å². The zero-order chi connectivity index (χ0) is 28.7. The van der Waals surface area contributed by atoms with Crippen LogP contribution in [0.1, 0.15) is 60.7 Å². The van der Waals surface area contributed by atoms with Gasteiger partial charge in [0.25, 0.3) is 0 Å². The van der Waals surface area contributed by atoms with E-state index in [1.54, 1.807) is 24.3 Å². The fourth-order valence-corrected chi connectivity index (χ4v) is 5.45. The predicted molar refractivity (Wildman–Crippen MR) is 158 cm³/mol. The highest BCUT2D eigenvalue weighted by Crippen LogP contribution is 2.44. The average molecular weight is 604 g/mol. The van der Waals surface area contributed by atoms with Crippen molar-refractivity contribution in [1.82, 2.24) is 5.32 Å². The van der Waals surface area contributed by atoms with Gasteiger partial charge in [-0.1, -0.05) is 60.7 Å². The highest BCUT2D eigenvalue weighted by atomic mass is 79.9. The van der Waals surface area contributed by atoms with Crippen molar-refractivity contribution in [2.75, 3.05) is 13.2 Å². The molecule has 9 heteroatoms. The molecule has 1 heterocycles. The number of carboxylic acid groups (broad SMARTS) is 1. The minimum absolute atomic E-state index is 0.0477. The Morgan fingerprint density at radius 3 is 2.12 bits per heavy atom. The highest BCUT2D eigenvalue weighted by Gasteiger charge is 2.52. The normalized spacial score (nSPS) is 17.3. The third-order valence-corrected chi connectivity index (χ3v) is 8.60. The Morgan fingerprint density at radius 1 is 0.975 bits per heavy atom. The third kappa shape index (κ3) is 5.46. The lowest BCUT2D eigenvalue weighted by Gasteiger charge is -2.32. The molecule has 3 aromatic carbocycles. The van der Waals surface area contributed by atoms with Crippen molar-refractivity contribution < 1.29 is 28.7 Å². The largest absolute Gasteiger partial charge is 0.492 e. The molecule has 2 aliphatic rings. The maximum absolute atomic E-state index is 12.9. The fraction of sp³-hybridized carbons (Fsp3) is 0.290. The van der Waals surface area contributed by atoms with Crippen LogP contribution in [-0.4, -0.2) is 48.6 Å². The molecule has 0 unspecified atom stereocenters. The molecule has 1 fully saturated rings. The van der Waals surface area contributed by atoms with Crippen LogP contribution in [-0.2, 0) is 14.0 Å². The van der Waals surface area contributed by atoms with Crippen LogP contribution in [0.4, 0.5) is 4.79 Å². The SMILES string of the molecule is CC1(C)OB(C(=Cc2ccc(Br)c(C(=O)O)c2)CNC(=O)OCC2c3ccccc3-c3ccccc32)OC1(C)C. The Balaban J connectivity index is 1.33. The second kappa shape index (κ2) is 10.9. The van der Waals surface area contributed by atoms with Crippen molar-refractivity contribution in [3.63, 3.8) is 0 Å². The van der Waals surface area contributed by atoms with Crippen molar-refractivity contribution in [3.8, 4) is 11.1 Å². The molecule has 0 bridgehead atoms. The number of carbonyl (C=O) groups is 2. The van der Waals surface area contributed by atoms with E-state index in [0.29, 0.717) is 15.5 Å². The molecule has 2 N–H and O–H groups in total. The van der Waals surface area contributed by atoms with E-state index in [2.05, 4.69) is 45.5 Å². The molecule has 1 aliphatic heterocycles. The molecule has 0 spiro atoms. The van der Waals surface area contributed by atoms with Crippen LogP contribution in [0.2, 0.25) is 0 Å². The second-order valence-electron chi connectivity index (χ2n) is 11.0. The Hall–Kier alpha value is -3.40. The molecular formula is C31H31BBrNO6. The number of rotatable bonds is 7. The van der Waals surface area contributed by atoms with E-state index in [1.165, 1.54) is 0 Å². The molecular weight excluding hydrogens is 573 g/mol. The lowest BCUT2D eigenvalue weighted by atomic mass is 9.77. The maximum atomic E-state index is 12.9. The summed E-state index contributed by atoms with van der Waals surface area (Å²) in [5.74, 6) is -1.09. The fourth-order valence-electron chi connectivity index (χ4n) is 5.03. The van der Waals surface area contributed by atoms with Crippen molar-refractivity contribution in [1.29, 1.82) is 0 Å². The van der Waals surface area contributed by atoms with Crippen LogP contribution in [0.5, 0.6) is 0 Å². The topological polar surface area (TPSA) is 94.1 Å². The minimum atomic E-state index is -1.05. The first-order valence-electron chi connectivity index (χ1n) is 13.1. The molecule has 3 aromatic rings. The molecule has 1 aliphatic carbocycles. The van der Waals surface area contributed by atoms with Gasteiger partial charge in [-0.2, -0.15) is 0 Å². The summed E-state index contributed by atoms with van der Waals surface area (Å²) in [7, 11) is -0.740. The van der Waals surface area contributed by atoms with E-state index in [1.807, 2.05) is 52.0 Å². The van der Waals surface area contributed by atoms with E-state index in [4.69, 9.17) is 14.0 Å².